The number of carbonyl (C=O) groups excluding carboxylic acids is 1. The number of carboxylic acid groups (broad SMARTS) is 1. The zero-order valence-electron chi connectivity index (χ0n) is 20.2. The number of imidazole rings is 1. The van der Waals surface area contributed by atoms with Gasteiger partial charge in [-0.25, -0.2) is 19.7 Å². The second kappa shape index (κ2) is 9.43. The largest absolute Gasteiger partial charge is 0.475 e. The molecule has 0 bridgehead atoms. The Balaban J connectivity index is 1.73. The fourth-order valence-corrected chi connectivity index (χ4v) is 4.40. The van der Waals surface area contributed by atoms with Crippen molar-refractivity contribution in [2.75, 3.05) is 5.32 Å². The molecule has 5 rings (SSSR count). The first kappa shape index (κ1) is 25.2. The molecule has 1 unspecified atom stereocenters. The van der Waals surface area contributed by atoms with Crippen LogP contribution in [0.2, 0.25) is 0 Å². The summed E-state index contributed by atoms with van der Waals surface area (Å²) in [6.45, 7) is 2.01. The minimum absolute atomic E-state index is 0.0227. The molecule has 1 atom stereocenters. The number of carboxylic acids is 1. The van der Waals surface area contributed by atoms with Crippen molar-refractivity contribution in [1.82, 2.24) is 19.5 Å². The molecule has 0 radical (unpaired) electrons. The lowest BCUT2D eigenvalue weighted by atomic mass is 10.1. The van der Waals surface area contributed by atoms with Crippen LogP contribution in [0.1, 0.15) is 51.9 Å². The number of aromatic carboxylic acids is 1. The minimum Gasteiger partial charge on any atom is -0.475 e. The fourth-order valence-electron chi connectivity index (χ4n) is 4.40. The predicted molar refractivity (Wildman–Crippen MR) is 133 cm³/mol. The van der Waals surface area contributed by atoms with Crippen LogP contribution in [0.4, 0.5) is 19.0 Å². The standard InChI is InChI=1S/C26H23F3N6O3/c1-13(15-8-9-15)31-21-19-22(33-23(32-21)25(37)38)34-24(18-5-3-2-4-17(18)20(30)36)35(19)12-14-6-10-16(11-7-14)26(27,28)29/h2-7,10-11,13,15H,8-9,12H2,1H3,(H2,30,36)(H,37,38)(H,31,32,33). The number of anilines is 1. The van der Waals surface area contributed by atoms with Crippen LogP contribution in [0.25, 0.3) is 22.6 Å². The molecule has 0 saturated heterocycles. The number of aromatic nitrogens is 4. The topological polar surface area (TPSA) is 136 Å². The van der Waals surface area contributed by atoms with Gasteiger partial charge in [-0.05, 0) is 49.4 Å². The molecule has 1 amide bonds. The van der Waals surface area contributed by atoms with Crippen molar-refractivity contribution in [2.24, 2.45) is 11.7 Å². The number of nitrogens with zero attached hydrogens (tertiary/aromatic N) is 4. The molecule has 38 heavy (non-hydrogen) atoms. The lowest BCUT2D eigenvalue weighted by Gasteiger charge is -2.17. The lowest BCUT2D eigenvalue weighted by molar-refractivity contribution is -0.137. The Bertz CT molecular complexity index is 1540. The van der Waals surface area contributed by atoms with Gasteiger partial charge < -0.3 is 20.7 Å². The van der Waals surface area contributed by atoms with Crippen LogP contribution in [-0.4, -0.2) is 42.5 Å². The third kappa shape index (κ3) is 4.89. The normalized spacial score (nSPS) is 14.4. The summed E-state index contributed by atoms with van der Waals surface area (Å²) in [5, 5.41) is 12.9. The van der Waals surface area contributed by atoms with Gasteiger partial charge in [-0.2, -0.15) is 13.2 Å². The Morgan fingerprint density at radius 1 is 1.11 bits per heavy atom. The molecule has 0 spiro atoms. The van der Waals surface area contributed by atoms with E-state index in [0.29, 0.717) is 22.6 Å². The highest BCUT2D eigenvalue weighted by atomic mass is 19.4. The van der Waals surface area contributed by atoms with Crippen molar-refractivity contribution in [2.45, 2.75) is 38.5 Å². The predicted octanol–water partition coefficient (Wildman–Crippen LogP) is 4.57. The van der Waals surface area contributed by atoms with Gasteiger partial charge in [-0.3, -0.25) is 4.79 Å². The van der Waals surface area contributed by atoms with Crippen LogP contribution in [0, 0.1) is 5.92 Å². The van der Waals surface area contributed by atoms with Crippen LogP contribution in [0.3, 0.4) is 0 Å². The highest BCUT2D eigenvalue weighted by molar-refractivity contribution is 6.00. The Morgan fingerprint density at radius 2 is 1.79 bits per heavy atom. The average Bonchev–Trinajstić information content (AvgIpc) is 3.66. The van der Waals surface area contributed by atoms with Crippen molar-refractivity contribution in [3.63, 3.8) is 0 Å². The summed E-state index contributed by atoms with van der Waals surface area (Å²) in [4.78, 5) is 36.9. The molecule has 1 saturated carbocycles. The van der Waals surface area contributed by atoms with E-state index in [1.807, 2.05) is 6.92 Å². The average molecular weight is 525 g/mol. The number of carbonyl (C=O) groups is 2. The Hall–Kier alpha value is -4.48. The Labute approximate surface area is 214 Å². The molecule has 2 heterocycles. The summed E-state index contributed by atoms with van der Waals surface area (Å²) in [6, 6.07) is 11.1. The number of halogens is 3. The molecule has 1 aliphatic rings. The van der Waals surface area contributed by atoms with Crippen LogP contribution in [0.15, 0.2) is 48.5 Å². The van der Waals surface area contributed by atoms with Gasteiger partial charge >= 0.3 is 12.1 Å². The van der Waals surface area contributed by atoms with Crippen LogP contribution >= 0.6 is 0 Å². The molecule has 1 fully saturated rings. The van der Waals surface area contributed by atoms with Crippen LogP contribution in [0.5, 0.6) is 0 Å². The second-order valence-electron chi connectivity index (χ2n) is 9.27. The van der Waals surface area contributed by atoms with Crippen LogP contribution in [-0.2, 0) is 12.7 Å². The third-order valence-corrected chi connectivity index (χ3v) is 6.54. The number of nitrogens with one attached hydrogen (secondary N) is 1. The van der Waals surface area contributed by atoms with Gasteiger partial charge in [0.2, 0.25) is 11.7 Å². The van der Waals surface area contributed by atoms with Gasteiger partial charge in [-0.15, -0.1) is 0 Å². The molecule has 12 heteroatoms. The quantitative estimate of drug-likeness (QED) is 0.307. The molecular formula is C26H23F3N6O3. The summed E-state index contributed by atoms with van der Waals surface area (Å²) in [5.41, 5.74) is 6.28. The summed E-state index contributed by atoms with van der Waals surface area (Å²) < 4.78 is 41.0. The zero-order chi connectivity index (χ0) is 27.2. The molecule has 9 nitrogen and oxygen atoms in total. The molecular weight excluding hydrogens is 501 g/mol. The minimum atomic E-state index is -4.48. The van der Waals surface area contributed by atoms with Gasteiger partial charge in [0, 0.05) is 18.2 Å². The summed E-state index contributed by atoms with van der Waals surface area (Å²) in [6.07, 6.45) is -2.44. The monoisotopic (exact) mass is 524 g/mol. The number of alkyl halides is 3. The molecule has 196 valence electrons. The highest BCUT2D eigenvalue weighted by Gasteiger charge is 2.31. The van der Waals surface area contributed by atoms with Gasteiger partial charge in [-0.1, -0.05) is 30.3 Å². The van der Waals surface area contributed by atoms with Gasteiger partial charge in [0.1, 0.15) is 11.3 Å². The van der Waals surface area contributed by atoms with E-state index in [9.17, 15) is 27.9 Å². The number of amides is 1. The SMILES string of the molecule is CC(Nc1nc(C(=O)O)nc2nc(-c3ccccc3C(N)=O)n(Cc3ccc(C(F)(F)F)cc3)c12)C1CC1. The summed E-state index contributed by atoms with van der Waals surface area (Å²) in [7, 11) is 0. The van der Waals surface area contributed by atoms with E-state index in [1.54, 1.807) is 22.8 Å². The van der Waals surface area contributed by atoms with Crippen molar-refractivity contribution in [3.05, 3.63) is 71.0 Å². The maximum Gasteiger partial charge on any atom is 0.416 e. The number of nitrogens with two attached hydrogens (primary N) is 1. The van der Waals surface area contributed by atoms with Crippen molar-refractivity contribution >= 4 is 28.9 Å². The first-order valence-electron chi connectivity index (χ1n) is 11.9. The van der Waals surface area contributed by atoms with Gasteiger partial charge in [0.15, 0.2) is 11.5 Å². The van der Waals surface area contributed by atoms with E-state index >= 15 is 0 Å². The van der Waals surface area contributed by atoms with E-state index in [1.165, 1.54) is 18.2 Å². The second-order valence-corrected chi connectivity index (χ2v) is 9.27. The lowest BCUT2D eigenvalue weighted by Crippen LogP contribution is -2.20. The molecule has 0 aliphatic heterocycles. The zero-order valence-corrected chi connectivity index (χ0v) is 20.2. The highest BCUT2D eigenvalue weighted by Crippen LogP contribution is 2.36. The Morgan fingerprint density at radius 3 is 2.39 bits per heavy atom. The first-order chi connectivity index (χ1) is 18.0. The number of rotatable bonds is 8. The van der Waals surface area contributed by atoms with E-state index in [4.69, 9.17) is 5.73 Å². The maximum atomic E-state index is 13.1. The van der Waals surface area contributed by atoms with E-state index in [-0.39, 0.29) is 35.4 Å². The number of benzene rings is 2. The number of primary amides is 1. The molecule has 4 N–H and O–H groups in total. The fraction of sp³-hybridized carbons (Fsp3) is 0.269. The number of fused-ring (bicyclic) bond motifs is 1. The molecule has 2 aromatic heterocycles. The summed E-state index contributed by atoms with van der Waals surface area (Å²) in [5.74, 6) is -1.63. The Kier molecular flexibility index (Phi) is 6.25. The molecule has 2 aromatic carbocycles. The third-order valence-electron chi connectivity index (χ3n) is 6.54. The van der Waals surface area contributed by atoms with Gasteiger partial charge in [0.25, 0.3) is 0 Å². The first-order valence-corrected chi connectivity index (χ1v) is 11.9. The van der Waals surface area contributed by atoms with E-state index in [0.717, 1.165) is 25.0 Å². The van der Waals surface area contributed by atoms with Crippen molar-refractivity contribution in [3.8, 4) is 11.4 Å². The number of hydrogen-bond acceptors (Lipinski definition) is 6. The maximum absolute atomic E-state index is 13.1. The molecule has 1 aliphatic carbocycles. The van der Waals surface area contributed by atoms with Crippen molar-refractivity contribution < 1.29 is 27.9 Å². The smallest absolute Gasteiger partial charge is 0.416 e. The number of hydrogen-bond donors (Lipinski definition) is 3. The van der Waals surface area contributed by atoms with Crippen LogP contribution < -0.4 is 11.1 Å². The van der Waals surface area contributed by atoms with E-state index in [2.05, 4.69) is 20.3 Å². The van der Waals surface area contributed by atoms with E-state index < -0.39 is 29.4 Å². The van der Waals surface area contributed by atoms with Crippen molar-refractivity contribution in [1.29, 1.82) is 0 Å². The summed E-state index contributed by atoms with van der Waals surface area (Å²) >= 11 is 0. The van der Waals surface area contributed by atoms with Gasteiger partial charge in [0.05, 0.1) is 11.1 Å². The molecule has 4 aromatic rings.